The molecule has 0 amide bonds. The number of benzene rings is 1. The molecule has 0 aliphatic rings. The Hall–Kier alpha value is -1.75. The summed E-state index contributed by atoms with van der Waals surface area (Å²) in [7, 11) is 1.69. The first-order chi connectivity index (χ1) is 8.08. The lowest BCUT2D eigenvalue weighted by atomic mass is 10.1. The molecule has 3 nitrogen and oxygen atoms in total. The summed E-state index contributed by atoms with van der Waals surface area (Å²) < 4.78 is 27.6. The van der Waals surface area contributed by atoms with Gasteiger partial charge in [0.25, 0.3) is 0 Å². The third-order valence-electron chi connectivity index (χ3n) is 2.63. The van der Waals surface area contributed by atoms with E-state index in [2.05, 4.69) is 5.10 Å². The van der Waals surface area contributed by atoms with E-state index in [9.17, 15) is 13.9 Å². The van der Waals surface area contributed by atoms with Gasteiger partial charge in [0.2, 0.25) is 0 Å². The summed E-state index contributed by atoms with van der Waals surface area (Å²) in [5.41, 5.74) is 0.869. The molecule has 5 heteroatoms. The molecule has 0 aliphatic heterocycles. The number of aryl methyl sites for hydroxylation is 1. The lowest BCUT2D eigenvalue weighted by Crippen LogP contribution is -2.09. The van der Waals surface area contributed by atoms with Crippen LogP contribution in [0.15, 0.2) is 30.5 Å². The van der Waals surface area contributed by atoms with E-state index in [0.29, 0.717) is 5.69 Å². The van der Waals surface area contributed by atoms with Gasteiger partial charge in [0.15, 0.2) is 0 Å². The highest BCUT2D eigenvalue weighted by Crippen LogP contribution is 2.19. The molecule has 0 bridgehead atoms. The Balaban J connectivity index is 2.19. The smallest absolute Gasteiger partial charge is 0.129 e. The fourth-order valence-electron chi connectivity index (χ4n) is 1.71. The van der Waals surface area contributed by atoms with Crippen LogP contribution in [-0.2, 0) is 13.5 Å². The maximum absolute atomic E-state index is 13.4. The molecule has 1 aromatic carbocycles. The molecular weight excluding hydrogens is 226 g/mol. The van der Waals surface area contributed by atoms with Gasteiger partial charge in [-0.3, -0.25) is 4.68 Å². The molecule has 1 unspecified atom stereocenters. The molecule has 2 aromatic rings. The van der Waals surface area contributed by atoms with Crippen molar-refractivity contribution in [1.29, 1.82) is 0 Å². The third-order valence-corrected chi connectivity index (χ3v) is 2.63. The second kappa shape index (κ2) is 4.63. The molecular formula is C12H12F2N2O. The molecule has 1 N–H and O–H groups in total. The zero-order chi connectivity index (χ0) is 12.4. The monoisotopic (exact) mass is 238 g/mol. The van der Waals surface area contributed by atoms with Crippen LogP contribution in [0.1, 0.15) is 17.4 Å². The summed E-state index contributed by atoms with van der Waals surface area (Å²) >= 11 is 0. The molecule has 0 saturated heterocycles. The van der Waals surface area contributed by atoms with Gasteiger partial charge in [-0.25, -0.2) is 8.78 Å². The van der Waals surface area contributed by atoms with Gasteiger partial charge in [-0.1, -0.05) is 6.07 Å². The maximum atomic E-state index is 13.4. The Morgan fingerprint density at radius 2 is 2.12 bits per heavy atom. The first-order valence-corrected chi connectivity index (χ1v) is 5.18. The maximum Gasteiger partial charge on any atom is 0.129 e. The molecule has 1 heterocycles. The number of halogens is 2. The lowest BCUT2D eigenvalue weighted by molar-refractivity contribution is 0.167. The summed E-state index contributed by atoms with van der Waals surface area (Å²) in [5.74, 6) is -1.27. The minimum Gasteiger partial charge on any atom is -0.386 e. The minimum absolute atomic E-state index is 0.0889. The van der Waals surface area contributed by atoms with Crippen molar-refractivity contribution in [2.24, 2.45) is 7.05 Å². The number of nitrogens with zero attached hydrogens (tertiary/aromatic N) is 2. The van der Waals surface area contributed by atoms with Crippen LogP contribution < -0.4 is 0 Å². The molecule has 0 saturated carbocycles. The molecule has 1 aromatic heterocycles. The second-order valence-electron chi connectivity index (χ2n) is 3.84. The average molecular weight is 238 g/mol. The molecule has 0 spiro atoms. The molecule has 17 heavy (non-hydrogen) atoms. The Kier molecular flexibility index (Phi) is 3.19. The third kappa shape index (κ3) is 2.50. The van der Waals surface area contributed by atoms with Crippen LogP contribution in [0.4, 0.5) is 8.78 Å². The van der Waals surface area contributed by atoms with Crippen LogP contribution in [0.25, 0.3) is 0 Å². The van der Waals surface area contributed by atoms with Gasteiger partial charge in [-0.05, 0) is 17.7 Å². The van der Waals surface area contributed by atoms with Gasteiger partial charge in [-0.2, -0.15) is 5.10 Å². The summed E-state index contributed by atoms with van der Waals surface area (Å²) in [6.45, 7) is 0. The van der Waals surface area contributed by atoms with Crippen molar-refractivity contribution in [3.05, 3.63) is 53.4 Å². The van der Waals surface area contributed by atoms with E-state index in [1.807, 2.05) is 0 Å². The van der Waals surface area contributed by atoms with Gasteiger partial charge < -0.3 is 5.11 Å². The van der Waals surface area contributed by atoms with Gasteiger partial charge >= 0.3 is 0 Å². The van der Waals surface area contributed by atoms with Crippen LogP contribution >= 0.6 is 0 Å². The SMILES string of the molecule is Cn1nccc1C(O)Cc1ccc(F)cc1F. The standard InChI is InChI=1S/C12H12F2N2O/c1-16-11(4-5-15-16)12(17)6-8-2-3-9(13)7-10(8)14/h2-5,7,12,17H,6H2,1H3. The van der Waals surface area contributed by atoms with Crippen molar-refractivity contribution in [2.45, 2.75) is 12.5 Å². The van der Waals surface area contributed by atoms with Crippen LogP contribution in [-0.4, -0.2) is 14.9 Å². The van der Waals surface area contributed by atoms with Gasteiger partial charge in [0.1, 0.15) is 11.6 Å². The van der Waals surface area contributed by atoms with Crippen LogP contribution in [0.5, 0.6) is 0 Å². The predicted molar refractivity (Wildman–Crippen MR) is 58.2 cm³/mol. The summed E-state index contributed by atoms with van der Waals surface area (Å²) in [6, 6.07) is 4.98. The van der Waals surface area contributed by atoms with E-state index < -0.39 is 17.7 Å². The largest absolute Gasteiger partial charge is 0.386 e. The predicted octanol–water partition coefficient (Wildman–Crippen LogP) is 1.97. The van der Waals surface area contributed by atoms with Crippen molar-refractivity contribution < 1.29 is 13.9 Å². The first-order valence-electron chi connectivity index (χ1n) is 5.18. The molecule has 0 radical (unpaired) electrons. The second-order valence-corrected chi connectivity index (χ2v) is 3.84. The van der Waals surface area contributed by atoms with Crippen molar-refractivity contribution in [2.75, 3.05) is 0 Å². The number of hydrogen-bond acceptors (Lipinski definition) is 2. The van der Waals surface area contributed by atoms with Crippen molar-refractivity contribution in [1.82, 2.24) is 9.78 Å². The fourth-order valence-corrected chi connectivity index (χ4v) is 1.71. The Morgan fingerprint density at radius 3 is 2.71 bits per heavy atom. The van der Waals surface area contributed by atoms with Crippen LogP contribution in [0.2, 0.25) is 0 Å². The number of aliphatic hydroxyl groups excluding tert-OH is 1. The van der Waals surface area contributed by atoms with E-state index >= 15 is 0 Å². The normalized spacial score (nSPS) is 12.7. The number of rotatable bonds is 3. The van der Waals surface area contributed by atoms with E-state index in [1.54, 1.807) is 19.3 Å². The molecule has 1 atom stereocenters. The highest BCUT2D eigenvalue weighted by atomic mass is 19.1. The summed E-state index contributed by atoms with van der Waals surface area (Å²) in [6.07, 6.45) is 0.785. The number of aromatic nitrogens is 2. The van der Waals surface area contributed by atoms with Gasteiger partial charge in [0.05, 0.1) is 11.8 Å². The Labute approximate surface area is 97.3 Å². The van der Waals surface area contributed by atoms with Crippen molar-refractivity contribution >= 4 is 0 Å². The van der Waals surface area contributed by atoms with Crippen molar-refractivity contribution in [3.63, 3.8) is 0 Å². The van der Waals surface area contributed by atoms with Crippen molar-refractivity contribution in [3.8, 4) is 0 Å². The Morgan fingerprint density at radius 1 is 1.35 bits per heavy atom. The van der Waals surface area contributed by atoms with E-state index in [1.165, 1.54) is 16.8 Å². The summed E-state index contributed by atoms with van der Waals surface area (Å²) in [4.78, 5) is 0. The Bertz CT molecular complexity index is 525. The zero-order valence-corrected chi connectivity index (χ0v) is 9.27. The highest BCUT2D eigenvalue weighted by Gasteiger charge is 2.14. The van der Waals surface area contributed by atoms with Crippen LogP contribution in [0, 0.1) is 11.6 Å². The lowest BCUT2D eigenvalue weighted by Gasteiger charge is -2.11. The number of aliphatic hydroxyl groups is 1. The molecule has 0 aliphatic carbocycles. The topological polar surface area (TPSA) is 38.0 Å². The summed E-state index contributed by atoms with van der Waals surface area (Å²) in [5, 5.41) is 13.8. The fraction of sp³-hybridized carbons (Fsp3) is 0.250. The van der Waals surface area contributed by atoms with Gasteiger partial charge in [-0.15, -0.1) is 0 Å². The van der Waals surface area contributed by atoms with E-state index in [-0.39, 0.29) is 12.0 Å². The zero-order valence-electron chi connectivity index (χ0n) is 9.27. The quantitative estimate of drug-likeness (QED) is 0.887. The molecule has 90 valence electrons. The average Bonchev–Trinajstić information content (AvgIpc) is 2.68. The molecule has 2 rings (SSSR count). The number of hydrogen-bond donors (Lipinski definition) is 1. The first kappa shape index (κ1) is 11.7. The van der Waals surface area contributed by atoms with Crippen LogP contribution in [0.3, 0.4) is 0 Å². The van der Waals surface area contributed by atoms with E-state index in [4.69, 9.17) is 0 Å². The van der Waals surface area contributed by atoms with E-state index in [0.717, 1.165) is 6.07 Å². The molecule has 0 fully saturated rings. The van der Waals surface area contributed by atoms with Gasteiger partial charge in [0, 0.05) is 25.7 Å². The minimum atomic E-state index is -0.859. The highest BCUT2D eigenvalue weighted by molar-refractivity contribution is 5.21.